The Bertz CT molecular complexity index is 470. The fourth-order valence-corrected chi connectivity index (χ4v) is 2.45. The van der Waals surface area contributed by atoms with Gasteiger partial charge in [0.1, 0.15) is 0 Å². The Morgan fingerprint density at radius 3 is 2.69 bits per heavy atom. The maximum Gasteiger partial charge on any atom is 0.244 e. The van der Waals surface area contributed by atoms with Crippen LogP contribution in [0.15, 0.2) is 24.3 Å². The van der Waals surface area contributed by atoms with Crippen LogP contribution in [-0.2, 0) is 22.6 Å². The summed E-state index contributed by atoms with van der Waals surface area (Å²) >= 11 is 0. The van der Waals surface area contributed by atoms with Gasteiger partial charge in [0.2, 0.25) is 11.8 Å². The van der Waals surface area contributed by atoms with E-state index in [1.807, 2.05) is 17.0 Å². The zero-order valence-corrected chi connectivity index (χ0v) is 8.77. The number of benzene rings is 1. The van der Waals surface area contributed by atoms with Crippen LogP contribution in [0.25, 0.3) is 0 Å². The molecule has 0 radical (unpaired) electrons. The minimum Gasteiger partial charge on any atom is -0.294 e. The molecule has 1 saturated heterocycles. The highest BCUT2D eigenvalue weighted by Gasteiger charge is 2.36. The number of nitrogens with zero attached hydrogens (tertiary/aromatic N) is 1. The van der Waals surface area contributed by atoms with Gasteiger partial charge in [-0.2, -0.15) is 0 Å². The summed E-state index contributed by atoms with van der Waals surface area (Å²) in [4.78, 5) is 24.9. The molecular weight excluding hydrogens is 204 g/mol. The third-order valence-electron chi connectivity index (χ3n) is 3.26. The zero-order chi connectivity index (χ0) is 11.1. The molecule has 2 amide bonds. The lowest BCUT2D eigenvalue weighted by atomic mass is 9.92. The number of rotatable bonds is 0. The highest BCUT2D eigenvalue weighted by molar-refractivity contribution is 6.01. The summed E-state index contributed by atoms with van der Waals surface area (Å²) in [7, 11) is 0. The number of hydrogen-bond donors (Lipinski definition) is 1. The second-order valence-electron chi connectivity index (χ2n) is 4.31. The summed E-state index contributed by atoms with van der Waals surface area (Å²) in [6.45, 7) is 1.02. The van der Waals surface area contributed by atoms with Gasteiger partial charge in [-0.15, -0.1) is 0 Å². The maximum absolute atomic E-state index is 11.7. The van der Waals surface area contributed by atoms with Crippen molar-refractivity contribution in [3.8, 4) is 0 Å². The molecule has 2 aliphatic heterocycles. The van der Waals surface area contributed by atoms with Crippen molar-refractivity contribution in [1.82, 2.24) is 10.2 Å². The van der Waals surface area contributed by atoms with Crippen LogP contribution < -0.4 is 5.32 Å². The highest BCUT2D eigenvalue weighted by Crippen LogP contribution is 2.24. The third kappa shape index (κ3) is 1.42. The van der Waals surface area contributed by atoms with Crippen LogP contribution >= 0.6 is 0 Å². The largest absolute Gasteiger partial charge is 0.294 e. The molecule has 3 rings (SSSR count). The van der Waals surface area contributed by atoms with Gasteiger partial charge in [-0.1, -0.05) is 24.3 Å². The Labute approximate surface area is 93.2 Å². The number of imide groups is 1. The van der Waals surface area contributed by atoms with Crippen LogP contribution in [-0.4, -0.2) is 29.3 Å². The van der Waals surface area contributed by atoms with Crippen molar-refractivity contribution >= 4 is 11.8 Å². The molecule has 82 valence electrons. The number of hydrogen-bond acceptors (Lipinski definition) is 3. The second-order valence-corrected chi connectivity index (χ2v) is 4.31. The van der Waals surface area contributed by atoms with Crippen molar-refractivity contribution in [2.45, 2.75) is 19.0 Å². The van der Waals surface area contributed by atoms with Gasteiger partial charge in [0.15, 0.2) is 0 Å². The number of amides is 2. The average Bonchev–Trinajstić information content (AvgIpc) is 2.27. The van der Waals surface area contributed by atoms with E-state index in [9.17, 15) is 9.59 Å². The molecule has 1 fully saturated rings. The number of carbonyl (C=O) groups is 2. The molecule has 1 aromatic carbocycles. The Kier molecular flexibility index (Phi) is 2.04. The fraction of sp³-hybridized carbons (Fsp3) is 0.333. The van der Waals surface area contributed by atoms with Crippen LogP contribution in [0.5, 0.6) is 0 Å². The quantitative estimate of drug-likeness (QED) is 0.624. The summed E-state index contributed by atoms with van der Waals surface area (Å²) < 4.78 is 0. The fourth-order valence-electron chi connectivity index (χ4n) is 2.45. The van der Waals surface area contributed by atoms with E-state index >= 15 is 0 Å². The molecular formula is C12H12N2O2. The van der Waals surface area contributed by atoms with Gasteiger partial charge >= 0.3 is 0 Å². The first-order valence-corrected chi connectivity index (χ1v) is 5.38. The first kappa shape index (κ1) is 9.54. The SMILES string of the molecule is O=C1CN2Cc3ccccc3CC2C(=O)N1. The lowest BCUT2D eigenvalue weighted by Gasteiger charge is -2.38. The van der Waals surface area contributed by atoms with E-state index in [4.69, 9.17) is 0 Å². The average molecular weight is 216 g/mol. The molecule has 0 saturated carbocycles. The highest BCUT2D eigenvalue weighted by atomic mass is 16.2. The maximum atomic E-state index is 11.7. The molecule has 4 heteroatoms. The van der Waals surface area contributed by atoms with Crippen molar-refractivity contribution in [3.05, 3.63) is 35.4 Å². The van der Waals surface area contributed by atoms with Crippen molar-refractivity contribution < 1.29 is 9.59 Å². The smallest absolute Gasteiger partial charge is 0.244 e. The first-order chi connectivity index (χ1) is 7.74. The second kappa shape index (κ2) is 3.42. The van der Waals surface area contributed by atoms with Gasteiger partial charge in [-0.05, 0) is 17.5 Å². The van der Waals surface area contributed by atoms with Crippen molar-refractivity contribution in [1.29, 1.82) is 0 Å². The standard InChI is InChI=1S/C12H12N2O2/c15-11-7-14-6-9-4-2-1-3-8(9)5-10(14)12(16)13-11/h1-4,10H,5-7H2,(H,13,15,16). The molecule has 16 heavy (non-hydrogen) atoms. The molecule has 1 N–H and O–H groups in total. The number of piperazine rings is 1. The molecule has 0 aromatic heterocycles. The minimum atomic E-state index is -0.194. The summed E-state index contributed by atoms with van der Waals surface area (Å²) in [5.41, 5.74) is 2.44. The van der Waals surface area contributed by atoms with Crippen molar-refractivity contribution in [2.75, 3.05) is 6.54 Å². The minimum absolute atomic E-state index is 0.161. The van der Waals surface area contributed by atoms with E-state index in [0.29, 0.717) is 19.5 Å². The molecule has 0 spiro atoms. The van der Waals surface area contributed by atoms with Gasteiger partial charge in [0.05, 0.1) is 12.6 Å². The van der Waals surface area contributed by atoms with Crippen molar-refractivity contribution in [2.24, 2.45) is 0 Å². The predicted octanol–water partition coefficient (Wildman–Crippen LogP) is 0.0697. The van der Waals surface area contributed by atoms with Crippen LogP contribution in [0.1, 0.15) is 11.1 Å². The van der Waals surface area contributed by atoms with E-state index in [-0.39, 0.29) is 17.9 Å². The first-order valence-electron chi connectivity index (χ1n) is 5.38. The van der Waals surface area contributed by atoms with E-state index in [0.717, 1.165) is 0 Å². The summed E-state index contributed by atoms with van der Waals surface area (Å²) in [5.74, 6) is -0.355. The molecule has 0 aliphatic carbocycles. The van der Waals surface area contributed by atoms with E-state index in [1.165, 1.54) is 11.1 Å². The van der Waals surface area contributed by atoms with Gasteiger partial charge in [-0.25, -0.2) is 0 Å². The lowest BCUT2D eigenvalue weighted by molar-refractivity contribution is -0.140. The van der Waals surface area contributed by atoms with Gasteiger partial charge in [0.25, 0.3) is 0 Å². The van der Waals surface area contributed by atoms with E-state index < -0.39 is 0 Å². The molecule has 1 aromatic rings. The van der Waals surface area contributed by atoms with E-state index in [2.05, 4.69) is 17.4 Å². The predicted molar refractivity (Wildman–Crippen MR) is 57.5 cm³/mol. The van der Waals surface area contributed by atoms with Crippen molar-refractivity contribution in [3.63, 3.8) is 0 Å². The van der Waals surface area contributed by atoms with Crippen LogP contribution in [0.2, 0.25) is 0 Å². The topological polar surface area (TPSA) is 49.4 Å². The lowest BCUT2D eigenvalue weighted by Crippen LogP contribution is -2.59. The molecule has 0 bridgehead atoms. The summed E-state index contributed by atoms with van der Waals surface area (Å²) in [5, 5.41) is 2.39. The normalized spacial score (nSPS) is 24.6. The Balaban J connectivity index is 1.96. The monoisotopic (exact) mass is 216 g/mol. The number of carbonyl (C=O) groups excluding carboxylic acids is 2. The van der Waals surface area contributed by atoms with Gasteiger partial charge < -0.3 is 0 Å². The van der Waals surface area contributed by atoms with Crippen LogP contribution in [0.4, 0.5) is 0 Å². The summed E-state index contributed by atoms with van der Waals surface area (Å²) in [6.07, 6.45) is 0.704. The number of fused-ring (bicyclic) bond motifs is 2. The zero-order valence-electron chi connectivity index (χ0n) is 8.77. The Morgan fingerprint density at radius 2 is 1.88 bits per heavy atom. The Hall–Kier alpha value is -1.68. The number of nitrogens with one attached hydrogen (secondary N) is 1. The summed E-state index contributed by atoms with van der Waals surface area (Å²) in [6, 6.07) is 7.91. The Morgan fingerprint density at radius 1 is 1.12 bits per heavy atom. The molecule has 4 nitrogen and oxygen atoms in total. The molecule has 1 unspecified atom stereocenters. The molecule has 2 aliphatic rings. The molecule has 1 atom stereocenters. The van der Waals surface area contributed by atoms with Crippen LogP contribution in [0, 0.1) is 0 Å². The van der Waals surface area contributed by atoms with Gasteiger partial charge in [0, 0.05) is 6.54 Å². The van der Waals surface area contributed by atoms with Gasteiger partial charge in [-0.3, -0.25) is 19.8 Å². The third-order valence-corrected chi connectivity index (χ3v) is 3.26. The van der Waals surface area contributed by atoms with E-state index in [1.54, 1.807) is 0 Å². The molecule has 2 heterocycles. The van der Waals surface area contributed by atoms with Crippen LogP contribution in [0.3, 0.4) is 0 Å².